The number of hydrogen-bond acceptors (Lipinski definition) is 2. The largest absolute Gasteiger partial charge is 1.00 e. The Labute approximate surface area is 87.5 Å². The number of Topliss-reactive ketones (excluding diaryl/α,β-unsaturated/α-hetero) is 1. The summed E-state index contributed by atoms with van der Waals surface area (Å²) in [5.74, 6) is -0.0787. The number of rotatable bonds is 1. The summed E-state index contributed by atoms with van der Waals surface area (Å²) in [6, 6.07) is 5.84. The Morgan fingerprint density at radius 3 is 2.09 bits per heavy atom. The first kappa shape index (κ1) is 10.7. The summed E-state index contributed by atoms with van der Waals surface area (Å²) in [6.45, 7) is 1.47. The zero-order chi connectivity index (χ0) is 7.56. The van der Waals surface area contributed by atoms with E-state index in [9.17, 15) is 9.90 Å². The van der Waals surface area contributed by atoms with E-state index in [0.29, 0.717) is 5.56 Å². The van der Waals surface area contributed by atoms with Crippen molar-refractivity contribution < 1.29 is 39.5 Å². The molecule has 0 amide bonds. The van der Waals surface area contributed by atoms with Gasteiger partial charge in [0.2, 0.25) is 0 Å². The molecule has 0 fully saturated rings. The van der Waals surface area contributed by atoms with E-state index in [1.165, 1.54) is 31.2 Å². The second-order valence-electron chi connectivity index (χ2n) is 2.08. The summed E-state index contributed by atoms with van der Waals surface area (Å²) in [6.07, 6.45) is 0. The Balaban J connectivity index is 0.000001000. The Kier molecular flexibility index (Phi) is 4.42. The molecule has 0 spiro atoms. The number of hydrogen-bond donors (Lipinski definition) is 0. The van der Waals surface area contributed by atoms with E-state index in [1.54, 1.807) is 0 Å². The fourth-order valence-electron chi connectivity index (χ4n) is 0.690. The SMILES string of the molecule is CC(=O)c1ccc([O-])cc1.[Na+]. The molecule has 0 unspecified atom stereocenters. The molecule has 52 valence electrons. The van der Waals surface area contributed by atoms with E-state index in [2.05, 4.69) is 0 Å². The maximum Gasteiger partial charge on any atom is 1.00 e. The van der Waals surface area contributed by atoms with Gasteiger partial charge in [-0.05, 0) is 6.92 Å². The molecule has 1 aromatic carbocycles. The zero-order valence-electron chi connectivity index (χ0n) is 6.63. The number of ketones is 1. The average Bonchev–Trinajstić information content (AvgIpc) is 1.88. The van der Waals surface area contributed by atoms with Crippen LogP contribution in [0.15, 0.2) is 24.3 Å². The van der Waals surface area contributed by atoms with E-state index in [-0.39, 0.29) is 41.1 Å². The molecule has 0 aliphatic carbocycles. The van der Waals surface area contributed by atoms with Crippen LogP contribution in [0.5, 0.6) is 5.75 Å². The molecule has 0 aliphatic rings. The topological polar surface area (TPSA) is 40.1 Å². The standard InChI is InChI=1S/C8H8O2.Na/c1-6(9)7-2-4-8(10)5-3-7;/h2-5,10H,1H3;/q;+1/p-1. The molecule has 0 heterocycles. The Hall–Kier alpha value is -0.310. The van der Waals surface area contributed by atoms with Crippen LogP contribution in [0.25, 0.3) is 0 Å². The van der Waals surface area contributed by atoms with Crippen LogP contribution in [-0.4, -0.2) is 5.78 Å². The molecule has 0 bridgehead atoms. The number of carbonyl (C=O) groups excluding carboxylic acids is 1. The van der Waals surface area contributed by atoms with Crippen LogP contribution in [0.4, 0.5) is 0 Å². The molecule has 0 radical (unpaired) electrons. The summed E-state index contributed by atoms with van der Waals surface area (Å²) >= 11 is 0. The maximum absolute atomic E-state index is 10.7. The van der Waals surface area contributed by atoms with E-state index in [0.717, 1.165) is 0 Å². The summed E-state index contributed by atoms with van der Waals surface area (Å²) in [5.41, 5.74) is 0.583. The normalized spacial score (nSPS) is 8.45. The molecule has 3 heteroatoms. The van der Waals surface area contributed by atoms with E-state index in [4.69, 9.17) is 0 Å². The van der Waals surface area contributed by atoms with Gasteiger partial charge in [0.15, 0.2) is 5.78 Å². The molecular formula is C8H7NaO2. The fraction of sp³-hybridized carbons (Fsp3) is 0.125. The van der Waals surface area contributed by atoms with Crippen molar-refractivity contribution in [2.75, 3.05) is 0 Å². The molecule has 0 aromatic heterocycles. The van der Waals surface area contributed by atoms with E-state index < -0.39 is 0 Å². The van der Waals surface area contributed by atoms with Crippen molar-refractivity contribution >= 4 is 5.78 Å². The van der Waals surface area contributed by atoms with Gasteiger partial charge in [0, 0.05) is 5.56 Å². The smallest absolute Gasteiger partial charge is 0.872 e. The molecular weight excluding hydrogens is 151 g/mol. The average molecular weight is 158 g/mol. The van der Waals surface area contributed by atoms with Crippen molar-refractivity contribution in [3.05, 3.63) is 29.8 Å². The second kappa shape index (κ2) is 4.54. The third kappa shape index (κ3) is 3.06. The van der Waals surface area contributed by atoms with Crippen molar-refractivity contribution in [3.63, 3.8) is 0 Å². The van der Waals surface area contributed by atoms with Gasteiger partial charge in [0.25, 0.3) is 0 Å². The van der Waals surface area contributed by atoms with Crippen LogP contribution in [0.1, 0.15) is 17.3 Å². The third-order valence-corrected chi connectivity index (χ3v) is 1.26. The van der Waals surface area contributed by atoms with Crippen molar-refractivity contribution in [2.24, 2.45) is 0 Å². The fourth-order valence-corrected chi connectivity index (χ4v) is 0.690. The zero-order valence-corrected chi connectivity index (χ0v) is 8.63. The molecule has 1 aromatic rings. The molecule has 2 nitrogen and oxygen atoms in total. The molecule has 1 rings (SSSR count). The minimum Gasteiger partial charge on any atom is -0.872 e. The minimum atomic E-state index is -0.0648. The van der Waals surface area contributed by atoms with Gasteiger partial charge in [0.1, 0.15) is 0 Å². The Bertz CT molecular complexity index is 241. The second-order valence-corrected chi connectivity index (χ2v) is 2.08. The van der Waals surface area contributed by atoms with E-state index in [1.807, 2.05) is 0 Å². The molecule has 0 saturated heterocycles. The van der Waals surface area contributed by atoms with Crippen molar-refractivity contribution in [3.8, 4) is 5.75 Å². The number of carbonyl (C=O) groups is 1. The quantitative estimate of drug-likeness (QED) is 0.349. The van der Waals surface area contributed by atoms with Gasteiger partial charge in [-0.2, -0.15) is 0 Å². The first-order valence-electron chi connectivity index (χ1n) is 2.98. The Morgan fingerprint density at radius 2 is 1.73 bits per heavy atom. The maximum atomic E-state index is 10.7. The van der Waals surface area contributed by atoms with Gasteiger partial charge in [-0.25, -0.2) is 0 Å². The predicted molar refractivity (Wildman–Crippen MR) is 35.9 cm³/mol. The van der Waals surface area contributed by atoms with E-state index >= 15 is 0 Å². The number of benzene rings is 1. The monoisotopic (exact) mass is 158 g/mol. The van der Waals surface area contributed by atoms with Gasteiger partial charge in [0.05, 0.1) is 0 Å². The summed E-state index contributed by atoms with van der Waals surface area (Å²) in [4.78, 5) is 10.7. The van der Waals surface area contributed by atoms with Crippen LogP contribution in [0, 0.1) is 0 Å². The molecule has 11 heavy (non-hydrogen) atoms. The van der Waals surface area contributed by atoms with Gasteiger partial charge in [-0.15, -0.1) is 5.75 Å². The van der Waals surface area contributed by atoms with Crippen molar-refractivity contribution in [1.82, 2.24) is 0 Å². The third-order valence-electron chi connectivity index (χ3n) is 1.26. The first-order chi connectivity index (χ1) is 4.70. The van der Waals surface area contributed by atoms with Crippen molar-refractivity contribution in [2.45, 2.75) is 6.92 Å². The van der Waals surface area contributed by atoms with Crippen LogP contribution in [0.3, 0.4) is 0 Å². The molecule has 0 atom stereocenters. The van der Waals surface area contributed by atoms with Gasteiger partial charge < -0.3 is 5.11 Å². The van der Waals surface area contributed by atoms with Crippen molar-refractivity contribution in [1.29, 1.82) is 0 Å². The van der Waals surface area contributed by atoms with Crippen LogP contribution in [0.2, 0.25) is 0 Å². The van der Waals surface area contributed by atoms with Gasteiger partial charge in [-0.3, -0.25) is 4.79 Å². The molecule has 0 aliphatic heterocycles. The van der Waals surface area contributed by atoms with Crippen LogP contribution in [-0.2, 0) is 0 Å². The predicted octanol–water partition coefficient (Wildman–Crippen LogP) is -2.03. The summed E-state index contributed by atoms with van der Waals surface area (Å²) < 4.78 is 0. The van der Waals surface area contributed by atoms with Gasteiger partial charge in [-0.1, -0.05) is 24.3 Å². The van der Waals surface area contributed by atoms with Gasteiger partial charge >= 0.3 is 29.6 Å². The molecule has 0 N–H and O–H groups in total. The minimum absolute atomic E-state index is 0. The Morgan fingerprint density at radius 1 is 1.27 bits per heavy atom. The van der Waals surface area contributed by atoms with Crippen LogP contribution >= 0.6 is 0 Å². The van der Waals surface area contributed by atoms with Crippen LogP contribution < -0.4 is 34.7 Å². The summed E-state index contributed by atoms with van der Waals surface area (Å²) in [5, 5.41) is 10.5. The molecule has 0 saturated carbocycles. The summed E-state index contributed by atoms with van der Waals surface area (Å²) in [7, 11) is 0. The first-order valence-corrected chi connectivity index (χ1v) is 2.98.